The average Bonchev–Trinajstić information content (AvgIpc) is 3.38. The Morgan fingerprint density at radius 2 is 1.71 bits per heavy atom. The number of aromatic amines is 1. The minimum atomic E-state index is -0.307. The topological polar surface area (TPSA) is 62.5 Å². The van der Waals surface area contributed by atoms with Gasteiger partial charge in [-0.15, -0.1) is 0 Å². The minimum Gasteiger partial charge on any atom is -0.361 e. The fourth-order valence-corrected chi connectivity index (χ4v) is 6.17. The molecule has 4 heterocycles. The molecule has 0 saturated carbocycles. The van der Waals surface area contributed by atoms with Crippen LogP contribution in [0.5, 0.6) is 0 Å². The van der Waals surface area contributed by atoms with E-state index in [0.717, 1.165) is 32.5 Å². The Morgan fingerprint density at radius 1 is 0.921 bits per heavy atom. The van der Waals surface area contributed by atoms with E-state index in [-0.39, 0.29) is 11.2 Å². The number of para-hydroxylation sites is 1. The molecule has 0 amide bonds. The summed E-state index contributed by atoms with van der Waals surface area (Å²) in [6, 6.07) is 21.3. The summed E-state index contributed by atoms with van der Waals surface area (Å²) in [4.78, 5) is 32.8. The summed E-state index contributed by atoms with van der Waals surface area (Å²) in [5, 5.41) is 1.82. The van der Waals surface area contributed by atoms with Crippen LogP contribution in [0.2, 0.25) is 5.02 Å². The molecule has 194 valence electrons. The van der Waals surface area contributed by atoms with Crippen LogP contribution in [0.4, 0.5) is 0 Å². The molecule has 7 heteroatoms. The summed E-state index contributed by atoms with van der Waals surface area (Å²) in [6.07, 6.45) is 7.94. The predicted octanol–water partition coefficient (Wildman–Crippen LogP) is 5.92. The maximum atomic E-state index is 13.6. The highest BCUT2D eigenvalue weighted by atomic mass is 35.5. The molecule has 38 heavy (non-hydrogen) atoms. The molecule has 6 nitrogen and oxygen atoms in total. The minimum absolute atomic E-state index is 0.285. The van der Waals surface area contributed by atoms with Crippen molar-refractivity contribution in [2.24, 2.45) is 0 Å². The van der Waals surface area contributed by atoms with Crippen LogP contribution in [0.3, 0.4) is 0 Å². The molecule has 1 N–H and O–H groups in total. The van der Waals surface area contributed by atoms with Crippen molar-refractivity contribution in [1.29, 1.82) is 0 Å². The van der Waals surface area contributed by atoms with Gasteiger partial charge >= 0.3 is 5.69 Å². The Bertz CT molecular complexity index is 1720. The van der Waals surface area contributed by atoms with Crippen LogP contribution in [-0.2, 0) is 6.54 Å². The average molecular weight is 527 g/mol. The van der Waals surface area contributed by atoms with E-state index in [9.17, 15) is 9.59 Å². The van der Waals surface area contributed by atoms with Crippen LogP contribution in [-0.4, -0.2) is 38.5 Å². The smallest absolute Gasteiger partial charge is 0.335 e. The number of pyridine rings is 1. The predicted molar refractivity (Wildman–Crippen MR) is 154 cm³/mol. The van der Waals surface area contributed by atoms with Gasteiger partial charge in [0.1, 0.15) is 0 Å². The summed E-state index contributed by atoms with van der Waals surface area (Å²) in [6.45, 7) is 3.47. The first-order chi connectivity index (χ1) is 18.6. The summed E-state index contributed by atoms with van der Waals surface area (Å²) < 4.78 is 2.92. The van der Waals surface area contributed by atoms with Crippen molar-refractivity contribution < 1.29 is 0 Å². The van der Waals surface area contributed by atoms with Crippen molar-refractivity contribution in [3.63, 3.8) is 0 Å². The Balaban J connectivity index is 1.18. The molecule has 1 unspecified atom stereocenters. The van der Waals surface area contributed by atoms with E-state index in [4.69, 9.17) is 11.6 Å². The van der Waals surface area contributed by atoms with Crippen molar-refractivity contribution >= 4 is 28.0 Å². The number of halogens is 1. The number of hydrogen-bond acceptors (Lipinski definition) is 3. The zero-order valence-corrected chi connectivity index (χ0v) is 22.0. The maximum absolute atomic E-state index is 13.6. The highest BCUT2D eigenvalue weighted by molar-refractivity contribution is 6.33. The SMILES string of the molecule is O=c1c(-c2ccccc2Cl)c2ccccn2c(=O)n1CCCCN1CCCC(c2c[nH]c3ccccc23)C1. The summed E-state index contributed by atoms with van der Waals surface area (Å²) in [5.41, 5.74) is 3.70. The molecule has 1 saturated heterocycles. The van der Waals surface area contributed by atoms with E-state index in [0.29, 0.717) is 34.1 Å². The van der Waals surface area contributed by atoms with E-state index >= 15 is 0 Å². The molecule has 2 aromatic carbocycles. The van der Waals surface area contributed by atoms with Gasteiger partial charge in [0.25, 0.3) is 5.56 Å². The van der Waals surface area contributed by atoms with Crippen molar-refractivity contribution in [2.75, 3.05) is 19.6 Å². The number of aromatic nitrogens is 3. The van der Waals surface area contributed by atoms with Crippen LogP contribution < -0.4 is 11.2 Å². The molecule has 1 fully saturated rings. The fraction of sp³-hybridized carbons (Fsp3) is 0.290. The van der Waals surface area contributed by atoms with E-state index in [1.165, 1.54) is 33.9 Å². The molecule has 5 aromatic rings. The van der Waals surface area contributed by atoms with Gasteiger partial charge in [-0.05, 0) is 74.5 Å². The van der Waals surface area contributed by atoms with Gasteiger partial charge in [0.05, 0.1) is 11.1 Å². The molecule has 0 spiro atoms. The first-order valence-corrected chi connectivity index (χ1v) is 13.8. The molecule has 0 bridgehead atoms. The van der Waals surface area contributed by atoms with Crippen molar-refractivity contribution in [3.05, 3.63) is 111 Å². The van der Waals surface area contributed by atoms with Gasteiger partial charge in [0.15, 0.2) is 0 Å². The van der Waals surface area contributed by atoms with E-state index in [1.807, 2.05) is 24.3 Å². The van der Waals surface area contributed by atoms with Crippen LogP contribution in [0.1, 0.15) is 37.2 Å². The van der Waals surface area contributed by atoms with E-state index < -0.39 is 0 Å². The standard InChI is InChI=1S/C31H31ClN4O2/c32-26-13-3-1-12-24(26)29-28-15-5-6-18-35(28)31(38)36(30(29)37)19-8-7-16-34-17-9-10-22(21-34)25-20-33-27-14-4-2-11-23(25)27/h1-6,11-15,18,20,22,33H,7-10,16-17,19,21H2. The number of benzene rings is 2. The van der Waals surface area contributed by atoms with Crippen molar-refractivity contribution in [2.45, 2.75) is 38.1 Å². The van der Waals surface area contributed by atoms with Crippen molar-refractivity contribution in [3.8, 4) is 11.1 Å². The molecule has 0 radical (unpaired) electrons. The van der Waals surface area contributed by atoms with Gasteiger partial charge in [-0.3, -0.25) is 13.8 Å². The Morgan fingerprint density at radius 3 is 2.61 bits per heavy atom. The maximum Gasteiger partial charge on any atom is 0.335 e. The van der Waals surface area contributed by atoms with E-state index in [2.05, 4.69) is 40.3 Å². The Kier molecular flexibility index (Phi) is 6.92. The highest BCUT2D eigenvalue weighted by Gasteiger charge is 2.23. The lowest BCUT2D eigenvalue weighted by Crippen LogP contribution is -2.39. The first kappa shape index (κ1) is 24.7. The third kappa shape index (κ3) is 4.59. The lowest BCUT2D eigenvalue weighted by atomic mass is 9.90. The molecule has 0 aliphatic carbocycles. The third-order valence-electron chi connectivity index (χ3n) is 7.83. The number of piperidine rings is 1. The first-order valence-electron chi connectivity index (χ1n) is 13.4. The molecule has 1 aliphatic heterocycles. The fourth-order valence-electron chi connectivity index (χ4n) is 5.94. The van der Waals surface area contributed by atoms with Gasteiger partial charge in [-0.2, -0.15) is 0 Å². The van der Waals surface area contributed by atoms with Crippen LogP contribution in [0, 0.1) is 0 Å². The van der Waals surface area contributed by atoms with Gasteiger partial charge < -0.3 is 9.88 Å². The van der Waals surface area contributed by atoms with Gasteiger partial charge in [0, 0.05) is 47.0 Å². The Labute approximate surface area is 226 Å². The number of unbranched alkanes of at least 4 members (excludes halogenated alkanes) is 1. The van der Waals surface area contributed by atoms with Gasteiger partial charge in [-0.1, -0.05) is 54.1 Å². The summed E-state index contributed by atoms with van der Waals surface area (Å²) >= 11 is 6.47. The number of likely N-dealkylation sites (tertiary alicyclic amines) is 1. The second-order valence-electron chi connectivity index (χ2n) is 10.2. The number of nitrogens with zero attached hydrogens (tertiary/aromatic N) is 3. The quantitative estimate of drug-likeness (QED) is 0.268. The zero-order valence-electron chi connectivity index (χ0n) is 21.3. The lowest BCUT2D eigenvalue weighted by Gasteiger charge is -2.32. The summed E-state index contributed by atoms with van der Waals surface area (Å²) in [7, 11) is 0. The van der Waals surface area contributed by atoms with Crippen LogP contribution >= 0.6 is 11.6 Å². The van der Waals surface area contributed by atoms with Crippen LogP contribution in [0.15, 0.2) is 88.7 Å². The molecule has 3 aromatic heterocycles. The second-order valence-corrected chi connectivity index (χ2v) is 10.6. The second kappa shape index (κ2) is 10.6. The van der Waals surface area contributed by atoms with Gasteiger partial charge in [-0.25, -0.2) is 4.79 Å². The third-order valence-corrected chi connectivity index (χ3v) is 8.16. The Hall–Kier alpha value is -3.61. The normalized spacial score (nSPS) is 16.4. The molecule has 1 aliphatic rings. The molecular formula is C31H31ClN4O2. The van der Waals surface area contributed by atoms with Crippen molar-refractivity contribution in [1.82, 2.24) is 18.9 Å². The number of nitrogens with one attached hydrogen (secondary N) is 1. The number of H-pyrrole nitrogens is 1. The number of hydrogen-bond donors (Lipinski definition) is 1. The monoisotopic (exact) mass is 526 g/mol. The largest absolute Gasteiger partial charge is 0.361 e. The zero-order chi connectivity index (χ0) is 26.1. The van der Waals surface area contributed by atoms with E-state index in [1.54, 1.807) is 28.8 Å². The highest BCUT2D eigenvalue weighted by Crippen LogP contribution is 2.32. The van der Waals surface area contributed by atoms with Gasteiger partial charge in [0.2, 0.25) is 0 Å². The number of fused-ring (bicyclic) bond motifs is 2. The van der Waals surface area contributed by atoms with Crippen LogP contribution in [0.25, 0.3) is 27.5 Å². The lowest BCUT2D eigenvalue weighted by molar-refractivity contribution is 0.204. The summed E-state index contributed by atoms with van der Waals surface area (Å²) in [5.74, 6) is 0.519. The number of rotatable bonds is 7. The molecule has 1 atom stereocenters. The molecular weight excluding hydrogens is 496 g/mol. The molecule has 6 rings (SSSR count).